The average molecular weight is 550 g/mol. The van der Waals surface area contributed by atoms with Crippen molar-refractivity contribution in [2.45, 2.75) is 55.8 Å². The number of nitrogens with one attached hydrogen (secondary N) is 2. The molecule has 38 heavy (non-hydrogen) atoms. The first-order valence-electron chi connectivity index (χ1n) is 12.2. The first-order valence-corrected chi connectivity index (χ1v) is 12.2. The number of hydrogen-bond acceptors (Lipinski definition) is 5. The van der Waals surface area contributed by atoms with Gasteiger partial charge in [0.05, 0.1) is 17.5 Å². The summed E-state index contributed by atoms with van der Waals surface area (Å²) >= 11 is 0. The molecule has 2 heterocycles. The molecular weight excluding hydrogens is 523 g/mol. The van der Waals surface area contributed by atoms with Crippen LogP contribution in [-0.2, 0) is 20.5 Å². The van der Waals surface area contributed by atoms with Crippen molar-refractivity contribution in [2.24, 2.45) is 5.73 Å². The molecular formula is C27H27ClF3N3O4. The number of nitrogens with two attached hydrogens (primary N) is 1. The third kappa shape index (κ3) is 5.28. The largest absolute Gasteiger partial charge is 0.462 e. The van der Waals surface area contributed by atoms with E-state index in [4.69, 9.17) is 10.5 Å². The number of benzene rings is 2. The summed E-state index contributed by atoms with van der Waals surface area (Å²) in [4.78, 5) is 40.5. The molecule has 1 aromatic heterocycles. The Morgan fingerprint density at radius 1 is 1.08 bits per heavy atom. The van der Waals surface area contributed by atoms with Crippen LogP contribution >= 0.6 is 12.4 Å². The van der Waals surface area contributed by atoms with Gasteiger partial charge in [0.2, 0.25) is 5.91 Å². The average Bonchev–Trinajstić information content (AvgIpc) is 3.48. The van der Waals surface area contributed by atoms with Gasteiger partial charge in [-0.2, -0.15) is 13.2 Å². The summed E-state index contributed by atoms with van der Waals surface area (Å²) in [5.74, 6) is -1.27. The van der Waals surface area contributed by atoms with Gasteiger partial charge in [0, 0.05) is 16.6 Å². The van der Waals surface area contributed by atoms with Crippen molar-refractivity contribution in [3.63, 3.8) is 0 Å². The van der Waals surface area contributed by atoms with Crippen LogP contribution in [0.3, 0.4) is 0 Å². The molecule has 7 nitrogen and oxygen atoms in total. The smallest absolute Gasteiger partial charge is 0.417 e. The maximum absolute atomic E-state index is 13.5. The lowest BCUT2D eigenvalue weighted by Gasteiger charge is -2.22. The van der Waals surface area contributed by atoms with Crippen LogP contribution in [0.15, 0.2) is 53.3 Å². The number of alkyl halides is 3. The molecule has 1 saturated carbocycles. The fourth-order valence-corrected chi connectivity index (χ4v) is 5.28. The van der Waals surface area contributed by atoms with Crippen LogP contribution in [0.5, 0.6) is 0 Å². The van der Waals surface area contributed by atoms with E-state index in [9.17, 15) is 27.6 Å². The second kappa shape index (κ2) is 10.4. The molecule has 2 aromatic carbocycles. The minimum absolute atomic E-state index is 0. The molecule has 0 bridgehead atoms. The van der Waals surface area contributed by atoms with E-state index in [-0.39, 0.29) is 47.6 Å². The maximum Gasteiger partial charge on any atom is 0.417 e. The lowest BCUT2D eigenvalue weighted by Crippen LogP contribution is -2.47. The zero-order valence-corrected chi connectivity index (χ0v) is 21.1. The number of carbonyl (C=O) groups excluding carboxylic acids is 2. The minimum Gasteiger partial charge on any atom is -0.462 e. The van der Waals surface area contributed by atoms with Gasteiger partial charge in [-0.25, -0.2) is 0 Å². The summed E-state index contributed by atoms with van der Waals surface area (Å²) in [6, 6.07) is 11.0. The molecule has 1 unspecified atom stereocenters. The van der Waals surface area contributed by atoms with Gasteiger partial charge in [0.15, 0.2) is 0 Å². The van der Waals surface area contributed by atoms with E-state index in [1.165, 1.54) is 24.3 Å². The van der Waals surface area contributed by atoms with Crippen LogP contribution in [0, 0.1) is 0 Å². The first-order chi connectivity index (χ1) is 17.5. The Kier molecular flexibility index (Phi) is 7.58. The van der Waals surface area contributed by atoms with Gasteiger partial charge in [0.25, 0.3) is 5.56 Å². The Morgan fingerprint density at radius 3 is 2.50 bits per heavy atom. The summed E-state index contributed by atoms with van der Waals surface area (Å²) in [5, 5.41) is 3.54. The van der Waals surface area contributed by atoms with Gasteiger partial charge in [-0.3, -0.25) is 14.4 Å². The Balaban J connectivity index is 0.00000336. The van der Waals surface area contributed by atoms with E-state index in [0.717, 1.165) is 18.9 Å². The monoisotopic (exact) mass is 549 g/mol. The predicted molar refractivity (Wildman–Crippen MR) is 138 cm³/mol. The fraction of sp³-hybridized carbons (Fsp3) is 0.370. The Bertz CT molecular complexity index is 1430. The Labute approximate surface area is 222 Å². The molecule has 202 valence electrons. The number of pyridine rings is 1. The molecule has 2 aliphatic rings. The molecule has 2 atom stereocenters. The highest BCUT2D eigenvalue weighted by Crippen LogP contribution is 2.37. The third-order valence-corrected chi connectivity index (χ3v) is 7.30. The SMILES string of the molecule is Cl.NC1(C(=O)OCC2C[C@H](c3ccc4cc(-c5ccccc5C(F)(F)F)[nH]c(=O)c4c3)C(=O)N2)CCCC1. The molecule has 1 amide bonds. The van der Waals surface area contributed by atoms with Gasteiger partial charge in [0.1, 0.15) is 12.1 Å². The number of aromatic nitrogens is 1. The molecule has 2 fully saturated rings. The number of rotatable bonds is 5. The van der Waals surface area contributed by atoms with Crippen molar-refractivity contribution in [3.05, 3.63) is 70.0 Å². The van der Waals surface area contributed by atoms with E-state index in [1.807, 2.05) is 0 Å². The molecule has 1 saturated heterocycles. The lowest BCUT2D eigenvalue weighted by atomic mass is 9.93. The van der Waals surface area contributed by atoms with Gasteiger partial charge >= 0.3 is 12.1 Å². The number of ether oxygens (including phenoxy) is 1. The number of H-pyrrole nitrogens is 1. The van der Waals surface area contributed by atoms with Crippen molar-refractivity contribution in [1.82, 2.24) is 10.3 Å². The van der Waals surface area contributed by atoms with Crippen molar-refractivity contribution in [1.29, 1.82) is 0 Å². The standard InChI is InChI=1S/C27H26F3N3O4.ClH/c28-27(29,30)21-6-2-1-5-18(21)22-12-16-8-7-15(11-19(16)24(35)33-22)20-13-17(32-23(20)34)14-37-25(36)26(31)9-3-4-10-26;/h1-2,5-8,11-12,17,20H,3-4,9-10,13-14,31H2,(H,32,34)(H,33,35);1H/t17?,20-;/m1./s1. The second-order valence-corrected chi connectivity index (χ2v) is 9.86. The molecule has 11 heteroatoms. The number of carbonyl (C=O) groups is 2. The number of esters is 1. The van der Waals surface area contributed by atoms with E-state index in [1.54, 1.807) is 18.2 Å². The molecule has 1 aliphatic carbocycles. The summed E-state index contributed by atoms with van der Waals surface area (Å²) < 4.78 is 45.8. The molecule has 1 aliphatic heterocycles. The highest BCUT2D eigenvalue weighted by molar-refractivity contribution is 5.90. The number of hydrogen-bond donors (Lipinski definition) is 3. The Hall–Kier alpha value is -3.37. The zero-order valence-electron chi connectivity index (χ0n) is 20.3. The van der Waals surface area contributed by atoms with Gasteiger partial charge in [-0.15, -0.1) is 12.4 Å². The second-order valence-electron chi connectivity index (χ2n) is 9.86. The van der Waals surface area contributed by atoms with E-state index in [2.05, 4.69) is 10.3 Å². The van der Waals surface area contributed by atoms with Crippen LogP contribution < -0.4 is 16.6 Å². The Morgan fingerprint density at radius 2 is 1.79 bits per heavy atom. The molecule has 3 aromatic rings. The van der Waals surface area contributed by atoms with Gasteiger partial charge < -0.3 is 20.8 Å². The fourth-order valence-electron chi connectivity index (χ4n) is 5.28. The topological polar surface area (TPSA) is 114 Å². The van der Waals surface area contributed by atoms with E-state index < -0.39 is 34.7 Å². The molecule has 4 N–H and O–H groups in total. The van der Waals surface area contributed by atoms with Crippen LogP contribution in [0.25, 0.3) is 22.0 Å². The molecule has 0 radical (unpaired) electrons. The first kappa shape index (κ1) is 27.7. The van der Waals surface area contributed by atoms with Gasteiger partial charge in [-0.05, 0) is 48.4 Å². The molecule has 5 rings (SSSR count). The normalized spacial score (nSPS) is 20.7. The number of fused-ring (bicyclic) bond motifs is 1. The summed E-state index contributed by atoms with van der Waals surface area (Å²) in [6.45, 7) is 0.0101. The lowest BCUT2D eigenvalue weighted by molar-refractivity contribution is -0.150. The number of aromatic amines is 1. The van der Waals surface area contributed by atoms with Crippen molar-refractivity contribution in [3.8, 4) is 11.3 Å². The van der Waals surface area contributed by atoms with Crippen molar-refractivity contribution in [2.75, 3.05) is 6.61 Å². The van der Waals surface area contributed by atoms with E-state index in [0.29, 0.717) is 30.2 Å². The van der Waals surface area contributed by atoms with Crippen LogP contribution in [0.2, 0.25) is 0 Å². The number of amides is 1. The van der Waals surface area contributed by atoms with Crippen LogP contribution in [-0.4, -0.2) is 35.0 Å². The minimum atomic E-state index is -4.57. The number of halogens is 4. The highest BCUT2D eigenvalue weighted by atomic mass is 35.5. The molecule has 0 spiro atoms. The van der Waals surface area contributed by atoms with Crippen LogP contribution in [0.4, 0.5) is 13.2 Å². The summed E-state index contributed by atoms with van der Waals surface area (Å²) in [7, 11) is 0. The quantitative estimate of drug-likeness (QED) is 0.408. The van der Waals surface area contributed by atoms with E-state index >= 15 is 0 Å². The predicted octanol–water partition coefficient (Wildman–Crippen LogP) is 4.42. The maximum atomic E-state index is 13.5. The summed E-state index contributed by atoms with van der Waals surface area (Å²) in [5.41, 5.74) is 4.30. The zero-order chi connectivity index (χ0) is 26.4. The van der Waals surface area contributed by atoms with Crippen molar-refractivity contribution < 1.29 is 27.5 Å². The van der Waals surface area contributed by atoms with Gasteiger partial charge in [-0.1, -0.05) is 43.2 Å². The van der Waals surface area contributed by atoms with Crippen molar-refractivity contribution >= 4 is 35.1 Å². The third-order valence-electron chi connectivity index (χ3n) is 7.30. The van der Waals surface area contributed by atoms with Crippen LogP contribution in [0.1, 0.15) is 49.1 Å². The highest BCUT2D eigenvalue weighted by Gasteiger charge is 2.40. The summed E-state index contributed by atoms with van der Waals surface area (Å²) in [6.07, 6.45) is -1.28.